The number of hydrogen-bond acceptors (Lipinski definition) is 5. The summed E-state index contributed by atoms with van der Waals surface area (Å²) in [7, 11) is 0. The number of nitrogens with one attached hydrogen (secondary N) is 2. The van der Waals surface area contributed by atoms with Gasteiger partial charge in [-0.05, 0) is 43.5 Å². The molecule has 0 radical (unpaired) electrons. The smallest absolute Gasteiger partial charge is 0.156 e. The second-order valence-corrected chi connectivity index (χ2v) is 6.80. The van der Waals surface area contributed by atoms with E-state index in [0.29, 0.717) is 5.92 Å². The maximum absolute atomic E-state index is 4.42. The largest absolute Gasteiger partial charge is 0.344 e. The molecule has 0 aliphatic carbocycles. The van der Waals surface area contributed by atoms with Crippen LogP contribution in [0.5, 0.6) is 0 Å². The molecule has 0 bridgehead atoms. The second kappa shape index (κ2) is 7.72. The van der Waals surface area contributed by atoms with Crippen molar-refractivity contribution in [2.75, 3.05) is 19.6 Å². The van der Waals surface area contributed by atoms with Gasteiger partial charge in [0.05, 0.1) is 0 Å². The Balaban J connectivity index is 1.28. The molecule has 0 saturated carbocycles. The van der Waals surface area contributed by atoms with Crippen molar-refractivity contribution in [1.82, 2.24) is 30.2 Å². The minimum Gasteiger partial charge on any atom is -0.344 e. The quantitative estimate of drug-likeness (QED) is 0.723. The first-order chi connectivity index (χ1) is 12.4. The molecule has 0 spiro atoms. The normalized spacial score (nSPS) is 18.6. The summed E-state index contributed by atoms with van der Waals surface area (Å²) in [6.07, 6.45) is 11.8. The summed E-state index contributed by atoms with van der Waals surface area (Å²) < 4.78 is 0. The molecule has 1 atom stereocenters. The van der Waals surface area contributed by atoms with Gasteiger partial charge in [0.1, 0.15) is 5.52 Å². The molecule has 2 N–H and O–H groups in total. The third-order valence-electron chi connectivity index (χ3n) is 4.87. The zero-order valence-corrected chi connectivity index (χ0v) is 14.4. The zero-order chi connectivity index (χ0) is 16.9. The van der Waals surface area contributed by atoms with E-state index < -0.39 is 0 Å². The minimum absolute atomic E-state index is 0.696. The summed E-state index contributed by atoms with van der Waals surface area (Å²) in [5, 5.41) is 3.61. The molecule has 130 valence electrons. The number of likely N-dealkylation sites (tertiary alicyclic amines) is 1. The molecule has 3 aromatic heterocycles. The maximum Gasteiger partial charge on any atom is 0.156 e. The van der Waals surface area contributed by atoms with E-state index in [0.717, 1.165) is 37.3 Å². The summed E-state index contributed by atoms with van der Waals surface area (Å²) in [5.41, 5.74) is 4.32. The van der Waals surface area contributed by atoms with Gasteiger partial charge in [-0.1, -0.05) is 6.07 Å². The SMILES string of the molecule is c1cncc(CN2CCCC(CNCc3c[nH]c4nccnc34)C2)c1. The molecule has 4 heterocycles. The van der Waals surface area contributed by atoms with Crippen LogP contribution in [0.2, 0.25) is 0 Å². The molecule has 0 amide bonds. The fourth-order valence-electron chi connectivity index (χ4n) is 3.66. The van der Waals surface area contributed by atoms with Crippen LogP contribution in [0.4, 0.5) is 0 Å². The molecule has 1 aliphatic heterocycles. The van der Waals surface area contributed by atoms with Gasteiger partial charge in [-0.2, -0.15) is 0 Å². The predicted octanol–water partition coefficient (Wildman–Crippen LogP) is 2.35. The topological polar surface area (TPSA) is 69.7 Å². The Morgan fingerprint density at radius 2 is 2.20 bits per heavy atom. The van der Waals surface area contributed by atoms with Gasteiger partial charge >= 0.3 is 0 Å². The van der Waals surface area contributed by atoms with Crippen LogP contribution < -0.4 is 5.32 Å². The van der Waals surface area contributed by atoms with Crippen molar-refractivity contribution in [1.29, 1.82) is 0 Å². The molecular formula is C19H24N6. The number of fused-ring (bicyclic) bond motifs is 1. The predicted molar refractivity (Wildman–Crippen MR) is 97.8 cm³/mol. The molecule has 25 heavy (non-hydrogen) atoms. The Bertz CT molecular complexity index is 800. The van der Waals surface area contributed by atoms with Crippen molar-refractivity contribution in [3.05, 3.63) is 54.2 Å². The van der Waals surface area contributed by atoms with Crippen LogP contribution in [0.1, 0.15) is 24.0 Å². The number of rotatable bonds is 6. The van der Waals surface area contributed by atoms with Gasteiger partial charge in [0, 0.05) is 56.2 Å². The second-order valence-electron chi connectivity index (χ2n) is 6.80. The van der Waals surface area contributed by atoms with Gasteiger partial charge in [0.2, 0.25) is 0 Å². The zero-order valence-electron chi connectivity index (χ0n) is 14.4. The molecule has 1 saturated heterocycles. The van der Waals surface area contributed by atoms with E-state index in [-0.39, 0.29) is 0 Å². The number of piperidine rings is 1. The van der Waals surface area contributed by atoms with Crippen LogP contribution >= 0.6 is 0 Å². The van der Waals surface area contributed by atoms with E-state index in [4.69, 9.17) is 0 Å². The Labute approximate surface area is 147 Å². The Hall–Kier alpha value is -2.31. The third-order valence-corrected chi connectivity index (χ3v) is 4.87. The lowest BCUT2D eigenvalue weighted by atomic mass is 9.97. The molecule has 6 nitrogen and oxygen atoms in total. The van der Waals surface area contributed by atoms with Crippen molar-refractivity contribution in [3.8, 4) is 0 Å². The number of pyridine rings is 1. The van der Waals surface area contributed by atoms with Gasteiger partial charge in [-0.3, -0.25) is 14.9 Å². The van der Waals surface area contributed by atoms with E-state index >= 15 is 0 Å². The monoisotopic (exact) mass is 336 g/mol. The van der Waals surface area contributed by atoms with E-state index in [1.54, 1.807) is 12.4 Å². The first-order valence-electron chi connectivity index (χ1n) is 8.97. The van der Waals surface area contributed by atoms with Crippen LogP contribution in [0.25, 0.3) is 11.2 Å². The summed E-state index contributed by atoms with van der Waals surface area (Å²) in [6, 6.07) is 4.18. The van der Waals surface area contributed by atoms with E-state index in [2.05, 4.69) is 36.2 Å². The van der Waals surface area contributed by atoms with Crippen LogP contribution in [-0.2, 0) is 13.1 Å². The van der Waals surface area contributed by atoms with E-state index in [1.165, 1.54) is 30.5 Å². The minimum atomic E-state index is 0.696. The lowest BCUT2D eigenvalue weighted by Gasteiger charge is -2.32. The van der Waals surface area contributed by atoms with Gasteiger partial charge in [-0.25, -0.2) is 4.98 Å². The lowest BCUT2D eigenvalue weighted by Crippen LogP contribution is -2.39. The van der Waals surface area contributed by atoms with Gasteiger partial charge in [-0.15, -0.1) is 0 Å². The maximum atomic E-state index is 4.42. The van der Waals surface area contributed by atoms with Crippen molar-refractivity contribution < 1.29 is 0 Å². The van der Waals surface area contributed by atoms with Crippen LogP contribution in [-0.4, -0.2) is 44.5 Å². The third kappa shape index (κ3) is 4.03. The average Bonchev–Trinajstić information content (AvgIpc) is 3.06. The number of H-pyrrole nitrogens is 1. The molecule has 3 aromatic rings. The van der Waals surface area contributed by atoms with E-state index in [9.17, 15) is 0 Å². The Morgan fingerprint density at radius 3 is 3.12 bits per heavy atom. The van der Waals surface area contributed by atoms with Crippen molar-refractivity contribution in [2.45, 2.75) is 25.9 Å². The molecule has 4 rings (SSSR count). The fraction of sp³-hybridized carbons (Fsp3) is 0.421. The number of nitrogens with zero attached hydrogens (tertiary/aromatic N) is 4. The summed E-state index contributed by atoms with van der Waals surface area (Å²) in [4.78, 5) is 18.7. The van der Waals surface area contributed by atoms with Gasteiger partial charge < -0.3 is 10.3 Å². The van der Waals surface area contributed by atoms with Crippen molar-refractivity contribution in [2.24, 2.45) is 5.92 Å². The van der Waals surface area contributed by atoms with Gasteiger partial charge in [0.15, 0.2) is 5.65 Å². The molecule has 6 heteroatoms. The van der Waals surface area contributed by atoms with Gasteiger partial charge in [0.25, 0.3) is 0 Å². The first kappa shape index (κ1) is 16.2. The standard InChI is InChI=1S/C19H24N6/c1-3-15(9-20-5-1)13-25-8-2-4-16(14-25)10-21-11-17-12-24-19-18(17)22-6-7-23-19/h1,3,5-7,9,12,16,21H,2,4,8,10-11,13-14H2,(H,23,24). The first-order valence-corrected chi connectivity index (χ1v) is 8.97. The molecule has 1 fully saturated rings. The van der Waals surface area contributed by atoms with Crippen LogP contribution in [0, 0.1) is 5.92 Å². The number of hydrogen-bond donors (Lipinski definition) is 2. The Morgan fingerprint density at radius 1 is 1.24 bits per heavy atom. The summed E-state index contributed by atoms with van der Waals surface area (Å²) in [6.45, 7) is 5.20. The Kier molecular flexibility index (Phi) is 4.99. The summed E-state index contributed by atoms with van der Waals surface area (Å²) >= 11 is 0. The highest BCUT2D eigenvalue weighted by Gasteiger charge is 2.19. The molecular weight excluding hydrogens is 312 g/mol. The molecule has 0 aromatic carbocycles. The average molecular weight is 336 g/mol. The number of aromatic amines is 1. The highest BCUT2D eigenvalue weighted by atomic mass is 15.1. The van der Waals surface area contributed by atoms with E-state index in [1.807, 2.05) is 24.7 Å². The number of aromatic nitrogens is 4. The summed E-state index contributed by atoms with van der Waals surface area (Å²) in [5.74, 6) is 0.696. The van der Waals surface area contributed by atoms with Crippen molar-refractivity contribution >= 4 is 11.2 Å². The van der Waals surface area contributed by atoms with Crippen LogP contribution in [0.15, 0.2) is 43.1 Å². The molecule has 1 unspecified atom stereocenters. The molecule has 1 aliphatic rings. The highest BCUT2D eigenvalue weighted by molar-refractivity contribution is 5.74. The lowest BCUT2D eigenvalue weighted by molar-refractivity contribution is 0.165. The van der Waals surface area contributed by atoms with Crippen molar-refractivity contribution in [3.63, 3.8) is 0 Å². The van der Waals surface area contributed by atoms with Crippen LogP contribution in [0.3, 0.4) is 0 Å². The highest BCUT2D eigenvalue weighted by Crippen LogP contribution is 2.18. The fourth-order valence-corrected chi connectivity index (χ4v) is 3.66.